The Morgan fingerprint density at radius 3 is 2.22 bits per heavy atom. The molecule has 0 spiro atoms. The fourth-order valence-corrected chi connectivity index (χ4v) is 3.63. The number of unbranched alkanes of at least 4 members (excludes halogenated alkanes) is 1. The van der Waals surface area contributed by atoms with Crippen LogP contribution in [-0.4, -0.2) is 33.7 Å². The predicted molar refractivity (Wildman–Crippen MR) is 124 cm³/mol. The fourth-order valence-electron chi connectivity index (χ4n) is 2.96. The molecule has 1 amide bonds. The molecule has 0 bridgehead atoms. The molecule has 3 aromatic rings. The minimum atomic E-state index is -3.34. The lowest BCUT2D eigenvalue weighted by atomic mass is 10.2. The second kappa shape index (κ2) is 11.3. The number of amides is 1. The Morgan fingerprint density at radius 2 is 1.53 bits per heavy atom. The van der Waals surface area contributed by atoms with Gasteiger partial charge in [-0.15, -0.1) is 0 Å². The average Bonchev–Trinajstić information content (AvgIpc) is 2.81. The molecule has 0 fully saturated rings. The molecule has 3 rings (SSSR count). The van der Waals surface area contributed by atoms with Gasteiger partial charge in [0.25, 0.3) is 5.91 Å². The van der Waals surface area contributed by atoms with Gasteiger partial charge >= 0.3 is 0 Å². The Hall–Kier alpha value is -3.32. The molecule has 0 saturated carbocycles. The highest BCUT2D eigenvalue weighted by molar-refractivity contribution is 7.90. The summed E-state index contributed by atoms with van der Waals surface area (Å²) in [5.41, 5.74) is 1.45. The van der Waals surface area contributed by atoms with Gasteiger partial charge in [0.2, 0.25) is 0 Å². The number of nitrogens with one attached hydrogen (secondary N) is 1. The van der Waals surface area contributed by atoms with Gasteiger partial charge in [-0.2, -0.15) is 0 Å². The molecule has 0 aromatic heterocycles. The van der Waals surface area contributed by atoms with Crippen LogP contribution in [0.15, 0.2) is 83.8 Å². The van der Waals surface area contributed by atoms with Crippen LogP contribution in [0.3, 0.4) is 0 Å². The van der Waals surface area contributed by atoms with Crippen molar-refractivity contribution in [1.82, 2.24) is 5.32 Å². The van der Waals surface area contributed by atoms with Gasteiger partial charge in [-0.3, -0.25) is 4.79 Å². The van der Waals surface area contributed by atoms with Crippen molar-refractivity contribution >= 4 is 15.7 Å². The zero-order valence-corrected chi connectivity index (χ0v) is 18.8. The van der Waals surface area contributed by atoms with E-state index >= 15 is 0 Å². The van der Waals surface area contributed by atoms with Crippen LogP contribution in [-0.2, 0) is 16.4 Å². The van der Waals surface area contributed by atoms with Crippen LogP contribution in [0, 0.1) is 0 Å². The number of benzene rings is 3. The van der Waals surface area contributed by atoms with E-state index in [1.54, 1.807) is 12.1 Å². The van der Waals surface area contributed by atoms with Crippen LogP contribution < -0.4 is 14.8 Å². The van der Waals surface area contributed by atoms with E-state index < -0.39 is 9.84 Å². The number of rotatable bonds is 11. The largest absolute Gasteiger partial charge is 0.494 e. The van der Waals surface area contributed by atoms with E-state index in [9.17, 15) is 13.2 Å². The van der Waals surface area contributed by atoms with E-state index in [1.165, 1.54) is 12.1 Å². The van der Waals surface area contributed by atoms with Crippen molar-refractivity contribution in [3.05, 3.63) is 90.0 Å². The Kier molecular flexibility index (Phi) is 8.27. The zero-order valence-electron chi connectivity index (χ0n) is 18.0. The van der Waals surface area contributed by atoms with Gasteiger partial charge in [0.15, 0.2) is 9.84 Å². The van der Waals surface area contributed by atoms with Crippen molar-refractivity contribution in [3.8, 4) is 11.5 Å². The van der Waals surface area contributed by atoms with Gasteiger partial charge in [0.05, 0.1) is 11.5 Å². The summed E-state index contributed by atoms with van der Waals surface area (Å²) in [7, 11) is -3.34. The Bertz CT molecular complexity index is 1110. The second-order valence-electron chi connectivity index (χ2n) is 7.36. The molecule has 0 aliphatic carbocycles. The van der Waals surface area contributed by atoms with Gasteiger partial charge in [-0.25, -0.2) is 8.42 Å². The summed E-state index contributed by atoms with van der Waals surface area (Å²) in [6.07, 6.45) is 2.64. The van der Waals surface area contributed by atoms with Gasteiger partial charge < -0.3 is 14.8 Å². The molecule has 1 N–H and O–H groups in total. The normalized spacial score (nSPS) is 11.0. The first kappa shape index (κ1) is 23.3. The lowest BCUT2D eigenvalue weighted by molar-refractivity contribution is 0.0952. The SMILES string of the molecule is CS(=O)(=O)c1cccc(C(=O)NCCCCOc2ccc(OCc3ccccc3)cc2)c1. The highest BCUT2D eigenvalue weighted by Gasteiger charge is 2.11. The Balaban J connectivity index is 1.33. The van der Waals surface area contributed by atoms with Crippen molar-refractivity contribution in [2.24, 2.45) is 0 Å². The molecule has 168 valence electrons. The zero-order chi connectivity index (χ0) is 22.8. The van der Waals surface area contributed by atoms with Crippen LogP contribution in [0.2, 0.25) is 0 Å². The summed E-state index contributed by atoms with van der Waals surface area (Å²) in [5, 5.41) is 2.81. The van der Waals surface area contributed by atoms with E-state index in [2.05, 4.69) is 5.32 Å². The van der Waals surface area contributed by atoms with Gasteiger partial charge in [-0.05, 0) is 60.9 Å². The molecule has 3 aromatic carbocycles. The molecule has 32 heavy (non-hydrogen) atoms. The van der Waals surface area contributed by atoms with E-state index in [0.717, 1.165) is 36.2 Å². The first-order chi connectivity index (χ1) is 15.4. The average molecular weight is 454 g/mol. The van der Waals surface area contributed by atoms with Crippen LogP contribution in [0.5, 0.6) is 11.5 Å². The Morgan fingerprint density at radius 1 is 0.844 bits per heavy atom. The standard InChI is InChI=1S/C25H27NO5S/c1-32(28,29)24-11-7-10-21(18-24)25(27)26-16-5-6-17-30-22-12-14-23(15-13-22)31-19-20-8-3-2-4-9-20/h2-4,7-15,18H,5-6,16-17,19H2,1H3,(H,26,27). The Labute approximate surface area is 189 Å². The van der Waals surface area contributed by atoms with Gasteiger partial charge in [0, 0.05) is 18.4 Å². The maximum atomic E-state index is 12.2. The molecule has 6 nitrogen and oxygen atoms in total. The lowest BCUT2D eigenvalue weighted by Gasteiger charge is -2.09. The number of carbonyl (C=O) groups is 1. The van der Waals surface area contributed by atoms with E-state index in [0.29, 0.717) is 25.3 Å². The monoisotopic (exact) mass is 453 g/mol. The maximum absolute atomic E-state index is 12.2. The molecule has 0 heterocycles. The van der Waals surface area contributed by atoms with Crippen LogP contribution in [0.25, 0.3) is 0 Å². The topological polar surface area (TPSA) is 81.7 Å². The summed E-state index contributed by atoms with van der Waals surface area (Å²) >= 11 is 0. The molecule has 0 saturated heterocycles. The van der Waals surface area contributed by atoms with Crippen molar-refractivity contribution in [3.63, 3.8) is 0 Å². The summed E-state index contributed by atoms with van der Waals surface area (Å²) in [5.74, 6) is 1.25. The second-order valence-corrected chi connectivity index (χ2v) is 9.37. The minimum Gasteiger partial charge on any atom is -0.494 e. The molecule has 0 aliphatic rings. The van der Waals surface area contributed by atoms with E-state index in [4.69, 9.17) is 9.47 Å². The number of hydrogen-bond acceptors (Lipinski definition) is 5. The smallest absolute Gasteiger partial charge is 0.251 e. The van der Waals surface area contributed by atoms with Crippen molar-refractivity contribution in [1.29, 1.82) is 0 Å². The summed E-state index contributed by atoms with van der Waals surface area (Å²) < 4.78 is 34.7. The third-order valence-electron chi connectivity index (χ3n) is 4.72. The van der Waals surface area contributed by atoms with Crippen LogP contribution in [0.4, 0.5) is 0 Å². The summed E-state index contributed by atoms with van der Waals surface area (Å²) in [6.45, 7) is 1.53. The predicted octanol–water partition coefficient (Wildman–Crippen LogP) is 4.26. The number of sulfone groups is 1. The fraction of sp³-hybridized carbons (Fsp3) is 0.240. The molecular formula is C25H27NO5S. The first-order valence-corrected chi connectivity index (χ1v) is 12.3. The lowest BCUT2D eigenvalue weighted by Crippen LogP contribution is -2.24. The highest BCUT2D eigenvalue weighted by atomic mass is 32.2. The number of hydrogen-bond donors (Lipinski definition) is 1. The molecule has 0 unspecified atom stereocenters. The van der Waals surface area contributed by atoms with Crippen molar-refractivity contribution < 1.29 is 22.7 Å². The van der Waals surface area contributed by atoms with Crippen molar-refractivity contribution in [2.45, 2.75) is 24.3 Å². The summed E-state index contributed by atoms with van der Waals surface area (Å²) in [6, 6.07) is 23.5. The molecule has 0 atom stereocenters. The van der Waals surface area contributed by atoms with Crippen molar-refractivity contribution in [2.75, 3.05) is 19.4 Å². The highest BCUT2D eigenvalue weighted by Crippen LogP contribution is 2.19. The van der Waals surface area contributed by atoms with Gasteiger partial charge in [-0.1, -0.05) is 36.4 Å². The number of carbonyl (C=O) groups excluding carboxylic acids is 1. The molecule has 0 aliphatic heterocycles. The molecule has 7 heteroatoms. The number of ether oxygens (including phenoxy) is 2. The molecule has 0 radical (unpaired) electrons. The maximum Gasteiger partial charge on any atom is 0.251 e. The van der Waals surface area contributed by atoms with Gasteiger partial charge in [0.1, 0.15) is 18.1 Å². The third kappa shape index (κ3) is 7.42. The van der Waals surface area contributed by atoms with Crippen LogP contribution in [0.1, 0.15) is 28.8 Å². The molecular weight excluding hydrogens is 426 g/mol. The van der Waals surface area contributed by atoms with Crippen LogP contribution >= 0.6 is 0 Å². The first-order valence-electron chi connectivity index (χ1n) is 10.4. The summed E-state index contributed by atoms with van der Waals surface area (Å²) in [4.78, 5) is 12.3. The van der Waals surface area contributed by atoms with E-state index in [-0.39, 0.29) is 10.8 Å². The minimum absolute atomic E-state index is 0.134. The quantitative estimate of drug-likeness (QED) is 0.439. The third-order valence-corrected chi connectivity index (χ3v) is 5.83. The van der Waals surface area contributed by atoms with E-state index in [1.807, 2.05) is 54.6 Å².